The van der Waals surface area contributed by atoms with E-state index in [2.05, 4.69) is 0 Å². The molecule has 0 spiro atoms. The maximum Gasteiger partial charge on any atom is 0.294 e. The van der Waals surface area contributed by atoms with Crippen LogP contribution in [0.5, 0.6) is 5.75 Å². The predicted octanol–water partition coefficient (Wildman–Crippen LogP) is 2.85. The second-order valence-electron chi connectivity index (χ2n) is 5.20. The number of ketones is 1. The van der Waals surface area contributed by atoms with Gasteiger partial charge in [0.2, 0.25) is 5.78 Å². The van der Waals surface area contributed by atoms with Crippen LogP contribution in [0.25, 0.3) is 0 Å². The van der Waals surface area contributed by atoms with Crippen LogP contribution in [0.15, 0.2) is 48.5 Å². The van der Waals surface area contributed by atoms with Gasteiger partial charge in [0.1, 0.15) is 6.61 Å². The maximum absolute atomic E-state index is 13.4. The van der Waals surface area contributed by atoms with Gasteiger partial charge < -0.3 is 9.64 Å². The van der Waals surface area contributed by atoms with Gasteiger partial charge in [0.25, 0.3) is 5.91 Å². The topological polar surface area (TPSA) is 46.6 Å². The third-order valence-corrected chi connectivity index (χ3v) is 3.38. The molecule has 0 aromatic heterocycles. The third kappa shape index (κ3) is 4.39. The molecule has 0 aliphatic carbocycles. The molecule has 0 bridgehead atoms. The number of halogens is 1. The van der Waals surface area contributed by atoms with Crippen molar-refractivity contribution in [2.45, 2.75) is 6.92 Å². The van der Waals surface area contributed by atoms with Gasteiger partial charge >= 0.3 is 0 Å². The first-order valence-electron chi connectivity index (χ1n) is 7.23. The van der Waals surface area contributed by atoms with Crippen molar-refractivity contribution in [3.63, 3.8) is 0 Å². The number of hydrogen-bond donors (Lipinski definition) is 0. The summed E-state index contributed by atoms with van der Waals surface area (Å²) < 4.78 is 18.7. The Bertz CT molecular complexity index is 698. The van der Waals surface area contributed by atoms with Crippen molar-refractivity contribution in [1.29, 1.82) is 0 Å². The van der Waals surface area contributed by atoms with Crippen molar-refractivity contribution < 1.29 is 18.7 Å². The fourth-order valence-electron chi connectivity index (χ4n) is 1.96. The molecule has 0 heterocycles. The van der Waals surface area contributed by atoms with Crippen LogP contribution in [-0.2, 0) is 4.79 Å². The van der Waals surface area contributed by atoms with Crippen LogP contribution in [0, 0.1) is 12.7 Å². The average molecular weight is 315 g/mol. The van der Waals surface area contributed by atoms with Crippen LogP contribution in [0.3, 0.4) is 0 Å². The van der Waals surface area contributed by atoms with E-state index in [0.29, 0.717) is 5.56 Å². The van der Waals surface area contributed by atoms with Gasteiger partial charge in [-0.15, -0.1) is 0 Å². The molecule has 0 radical (unpaired) electrons. The summed E-state index contributed by atoms with van der Waals surface area (Å²) in [4.78, 5) is 25.4. The first-order chi connectivity index (χ1) is 11.0. The van der Waals surface area contributed by atoms with Crippen LogP contribution in [0.1, 0.15) is 15.9 Å². The van der Waals surface area contributed by atoms with E-state index in [1.807, 2.05) is 6.92 Å². The Labute approximate surface area is 134 Å². The van der Waals surface area contributed by atoms with Gasteiger partial charge in [0.15, 0.2) is 11.6 Å². The summed E-state index contributed by atoms with van der Waals surface area (Å²) in [5, 5.41) is 0. The molecule has 2 aromatic carbocycles. The van der Waals surface area contributed by atoms with E-state index in [1.54, 1.807) is 36.4 Å². The normalized spacial score (nSPS) is 10.2. The van der Waals surface area contributed by atoms with Crippen molar-refractivity contribution in [2.24, 2.45) is 0 Å². The lowest BCUT2D eigenvalue weighted by Gasteiger charge is -2.17. The summed E-state index contributed by atoms with van der Waals surface area (Å²) in [6.07, 6.45) is 0. The van der Waals surface area contributed by atoms with Gasteiger partial charge in [-0.05, 0) is 19.1 Å². The molecule has 0 saturated heterocycles. The number of para-hydroxylation sites is 1. The van der Waals surface area contributed by atoms with E-state index in [4.69, 9.17) is 4.74 Å². The Hall–Kier alpha value is -2.69. The fraction of sp³-hybridized carbons (Fsp3) is 0.222. The Balaban J connectivity index is 1.88. The molecular weight excluding hydrogens is 297 g/mol. The highest BCUT2D eigenvalue weighted by Gasteiger charge is 2.20. The Kier molecular flexibility index (Phi) is 5.46. The number of ether oxygens (including phenoxy) is 1. The molecular formula is C18H18FNO3. The lowest BCUT2D eigenvalue weighted by Crippen LogP contribution is -2.36. The van der Waals surface area contributed by atoms with Gasteiger partial charge in [-0.25, -0.2) is 4.39 Å². The zero-order valence-electron chi connectivity index (χ0n) is 13.1. The van der Waals surface area contributed by atoms with Gasteiger partial charge in [0.05, 0.1) is 6.54 Å². The molecule has 120 valence electrons. The molecule has 0 saturated carbocycles. The minimum atomic E-state index is -0.619. The minimum Gasteiger partial charge on any atom is -0.489 e. The smallest absolute Gasteiger partial charge is 0.294 e. The number of carbonyl (C=O) groups excluding carboxylic acids is 2. The molecule has 2 rings (SSSR count). The lowest BCUT2D eigenvalue weighted by atomic mass is 10.1. The fourth-order valence-corrected chi connectivity index (χ4v) is 1.96. The first-order valence-corrected chi connectivity index (χ1v) is 7.23. The Morgan fingerprint density at radius 1 is 1.09 bits per heavy atom. The monoisotopic (exact) mass is 315 g/mol. The standard InChI is InChI=1S/C18H18FNO3/c1-13-7-9-14(10-8-13)17(21)18(22)20(2)11-12-23-16-6-4-3-5-15(16)19/h3-10H,11-12H2,1-2H3. The number of amides is 1. The highest BCUT2D eigenvalue weighted by Crippen LogP contribution is 2.15. The van der Waals surface area contributed by atoms with Gasteiger partial charge in [-0.1, -0.05) is 42.0 Å². The number of rotatable bonds is 6. The number of aryl methyl sites for hydroxylation is 1. The molecule has 0 aliphatic heterocycles. The summed E-state index contributed by atoms with van der Waals surface area (Å²) in [5.41, 5.74) is 1.36. The number of benzene rings is 2. The maximum atomic E-state index is 13.4. The zero-order chi connectivity index (χ0) is 16.8. The van der Waals surface area contributed by atoms with Crippen LogP contribution in [0.4, 0.5) is 4.39 Å². The van der Waals surface area contributed by atoms with Crippen LogP contribution in [0.2, 0.25) is 0 Å². The van der Waals surface area contributed by atoms with Gasteiger partial charge in [0, 0.05) is 12.6 Å². The predicted molar refractivity (Wildman–Crippen MR) is 85.0 cm³/mol. The molecule has 0 atom stereocenters. The molecule has 4 nitrogen and oxygen atoms in total. The molecule has 0 aliphatic rings. The summed E-state index contributed by atoms with van der Waals surface area (Å²) in [6.45, 7) is 2.19. The van der Waals surface area contributed by atoms with E-state index in [1.165, 1.54) is 24.1 Å². The number of nitrogens with zero attached hydrogens (tertiary/aromatic N) is 1. The Morgan fingerprint density at radius 2 is 1.74 bits per heavy atom. The number of carbonyl (C=O) groups is 2. The molecule has 0 N–H and O–H groups in total. The summed E-state index contributed by atoms with van der Waals surface area (Å²) in [5.74, 6) is -1.53. The number of hydrogen-bond acceptors (Lipinski definition) is 3. The quantitative estimate of drug-likeness (QED) is 0.608. The van der Waals surface area contributed by atoms with Crippen molar-refractivity contribution in [1.82, 2.24) is 4.90 Å². The zero-order valence-corrected chi connectivity index (χ0v) is 13.1. The molecule has 23 heavy (non-hydrogen) atoms. The second-order valence-corrected chi connectivity index (χ2v) is 5.20. The summed E-state index contributed by atoms with van der Waals surface area (Å²) >= 11 is 0. The van der Waals surface area contributed by atoms with Gasteiger partial charge in [-0.2, -0.15) is 0 Å². The summed E-state index contributed by atoms with van der Waals surface area (Å²) in [6, 6.07) is 12.8. The van der Waals surface area contributed by atoms with Crippen molar-refractivity contribution in [3.05, 3.63) is 65.5 Å². The highest BCUT2D eigenvalue weighted by atomic mass is 19.1. The largest absolute Gasteiger partial charge is 0.489 e. The Morgan fingerprint density at radius 3 is 2.39 bits per heavy atom. The first kappa shape index (κ1) is 16.7. The highest BCUT2D eigenvalue weighted by molar-refractivity contribution is 6.42. The van der Waals surface area contributed by atoms with E-state index in [0.717, 1.165) is 5.56 Å². The lowest BCUT2D eigenvalue weighted by molar-refractivity contribution is -0.125. The van der Waals surface area contributed by atoms with Crippen LogP contribution < -0.4 is 4.74 Å². The van der Waals surface area contributed by atoms with E-state index < -0.39 is 17.5 Å². The van der Waals surface area contributed by atoms with E-state index in [-0.39, 0.29) is 18.9 Å². The van der Waals surface area contributed by atoms with Crippen LogP contribution in [-0.4, -0.2) is 36.8 Å². The van der Waals surface area contributed by atoms with E-state index >= 15 is 0 Å². The molecule has 5 heteroatoms. The van der Waals surface area contributed by atoms with Crippen molar-refractivity contribution >= 4 is 11.7 Å². The van der Waals surface area contributed by atoms with Crippen molar-refractivity contribution in [2.75, 3.05) is 20.2 Å². The average Bonchev–Trinajstić information content (AvgIpc) is 2.56. The SMILES string of the molecule is Cc1ccc(C(=O)C(=O)N(C)CCOc2ccccc2F)cc1. The molecule has 0 unspecified atom stereocenters. The van der Waals surface area contributed by atoms with E-state index in [9.17, 15) is 14.0 Å². The third-order valence-electron chi connectivity index (χ3n) is 3.38. The minimum absolute atomic E-state index is 0.102. The number of Topliss-reactive ketones (excluding diaryl/α,β-unsaturated/α-hetero) is 1. The number of likely N-dealkylation sites (N-methyl/N-ethyl adjacent to an activating group) is 1. The van der Waals surface area contributed by atoms with Crippen LogP contribution >= 0.6 is 0 Å². The summed E-state index contributed by atoms with van der Waals surface area (Å²) in [7, 11) is 1.51. The second kappa shape index (κ2) is 7.54. The molecule has 1 amide bonds. The van der Waals surface area contributed by atoms with Gasteiger partial charge in [-0.3, -0.25) is 9.59 Å². The van der Waals surface area contributed by atoms with Crippen molar-refractivity contribution in [3.8, 4) is 5.75 Å². The molecule has 0 fully saturated rings. The molecule has 2 aromatic rings.